The van der Waals surface area contributed by atoms with E-state index in [1.165, 1.54) is 0 Å². The van der Waals surface area contributed by atoms with Crippen molar-refractivity contribution in [3.05, 3.63) is 11.6 Å². The Morgan fingerprint density at radius 1 is 1.26 bits per heavy atom. The van der Waals surface area contributed by atoms with Gasteiger partial charge in [-0.15, -0.1) is 10.2 Å². The second-order valence-corrected chi connectivity index (χ2v) is 6.80. The van der Waals surface area contributed by atoms with Crippen LogP contribution in [0.4, 0.5) is 0 Å². The highest BCUT2D eigenvalue weighted by molar-refractivity contribution is 5.81. The fourth-order valence-electron chi connectivity index (χ4n) is 3.39. The molecule has 0 bridgehead atoms. The van der Waals surface area contributed by atoms with Crippen LogP contribution in [0.3, 0.4) is 0 Å². The molecule has 0 spiro atoms. The van der Waals surface area contributed by atoms with Crippen LogP contribution in [-0.4, -0.2) is 64.0 Å². The Bertz CT molecular complexity index is 551. The second-order valence-electron chi connectivity index (χ2n) is 6.80. The number of carbonyl (C=O) groups excluding carboxylic acids is 1. The molecule has 7 heteroatoms. The summed E-state index contributed by atoms with van der Waals surface area (Å²) in [6.07, 6.45) is 1.91. The third kappa shape index (κ3) is 3.55. The van der Waals surface area contributed by atoms with Crippen molar-refractivity contribution in [1.82, 2.24) is 25.0 Å². The van der Waals surface area contributed by atoms with E-state index < -0.39 is 0 Å². The predicted octanol–water partition coefficient (Wildman–Crippen LogP) is 0.553. The molecule has 23 heavy (non-hydrogen) atoms. The number of aryl methyl sites for hydroxylation is 1. The van der Waals surface area contributed by atoms with Gasteiger partial charge in [0.2, 0.25) is 5.91 Å². The lowest BCUT2D eigenvalue weighted by molar-refractivity contribution is -0.137. The van der Waals surface area contributed by atoms with Crippen LogP contribution in [0.1, 0.15) is 44.8 Å². The average Bonchev–Trinajstić information content (AvgIpc) is 2.98. The van der Waals surface area contributed by atoms with Crippen LogP contribution in [0.15, 0.2) is 0 Å². The number of carbonyl (C=O) groups is 1. The zero-order chi connectivity index (χ0) is 16.4. The Morgan fingerprint density at radius 2 is 2.00 bits per heavy atom. The molecule has 0 aromatic carbocycles. The molecule has 128 valence electrons. The highest BCUT2D eigenvalue weighted by Crippen LogP contribution is 2.20. The fourth-order valence-corrected chi connectivity index (χ4v) is 3.39. The van der Waals surface area contributed by atoms with Crippen molar-refractivity contribution in [2.75, 3.05) is 26.3 Å². The third-order valence-electron chi connectivity index (χ3n) is 4.67. The van der Waals surface area contributed by atoms with Gasteiger partial charge >= 0.3 is 0 Å². The lowest BCUT2D eigenvalue weighted by Gasteiger charge is -2.32. The lowest BCUT2D eigenvalue weighted by Crippen LogP contribution is -2.52. The van der Waals surface area contributed by atoms with Crippen molar-refractivity contribution in [1.29, 1.82) is 0 Å². The summed E-state index contributed by atoms with van der Waals surface area (Å²) < 4.78 is 7.53. The molecule has 7 nitrogen and oxygen atoms in total. The molecule has 1 amide bonds. The molecule has 2 aliphatic rings. The summed E-state index contributed by atoms with van der Waals surface area (Å²) in [5, 5.41) is 12.1. The van der Waals surface area contributed by atoms with Gasteiger partial charge in [-0.05, 0) is 13.3 Å². The third-order valence-corrected chi connectivity index (χ3v) is 4.67. The summed E-state index contributed by atoms with van der Waals surface area (Å²) in [5.74, 6) is 2.65. The maximum Gasteiger partial charge on any atom is 0.239 e. The van der Waals surface area contributed by atoms with Gasteiger partial charge < -0.3 is 19.5 Å². The Kier molecular flexibility index (Phi) is 4.96. The minimum atomic E-state index is -0.168. The first kappa shape index (κ1) is 16.4. The normalized spacial score (nSPS) is 23.0. The van der Waals surface area contributed by atoms with Crippen LogP contribution in [0.2, 0.25) is 0 Å². The highest BCUT2D eigenvalue weighted by Gasteiger charge is 2.28. The summed E-state index contributed by atoms with van der Waals surface area (Å²) in [5.41, 5.74) is 0. The van der Waals surface area contributed by atoms with Crippen molar-refractivity contribution in [2.45, 2.75) is 58.2 Å². The average molecular weight is 321 g/mol. The van der Waals surface area contributed by atoms with E-state index in [1.54, 1.807) is 0 Å². The van der Waals surface area contributed by atoms with Gasteiger partial charge in [0.25, 0.3) is 0 Å². The van der Waals surface area contributed by atoms with Gasteiger partial charge in [0.15, 0.2) is 0 Å². The summed E-state index contributed by atoms with van der Waals surface area (Å²) in [6.45, 7) is 9.76. The quantitative estimate of drug-likeness (QED) is 0.877. The van der Waals surface area contributed by atoms with Gasteiger partial charge in [0, 0.05) is 38.0 Å². The number of fused-ring (bicyclic) bond motifs is 1. The Balaban J connectivity index is 1.60. The molecule has 1 aromatic heterocycles. The molecule has 0 radical (unpaired) electrons. The molecule has 0 saturated carbocycles. The first-order valence-corrected chi connectivity index (χ1v) is 8.60. The number of amides is 1. The predicted molar refractivity (Wildman–Crippen MR) is 86.2 cm³/mol. The standard InChI is InChI=1S/C16H27N5O2/c1-11(2)15-19-18-14-5-4-13(10-21(14)15)17-12(3)16(22)20-6-8-23-9-7-20/h11-13,17H,4-10H2,1-3H3. The molecule has 3 rings (SSSR count). The summed E-state index contributed by atoms with van der Waals surface area (Å²) in [4.78, 5) is 14.4. The zero-order valence-corrected chi connectivity index (χ0v) is 14.3. The van der Waals surface area contributed by atoms with Crippen LogP contribution >= 0.6 is 0 Å². The molecular weight excluding hydrogens is 294 g/mol. The number of hydrogen-bond acceptors (Lipinski definition) is 5. The number of rotatable bonds is 4. The van der Waals surface area contributed by atoms with Crippen LogP contribution in [0.25, 0.3) is 0 Å². The van der Waals surface area contributed by atoms with Gasteiger partial charge in [-0.25, -0.2) is 0 Å². The van der Waals surface area contributed by atoms with Gasteiger partial charge in [-0.3, -0.25) is 4.79 Å². The molecule has 1 aromatic rings. The first-order valence-electron chi connectivity index (χ1n) is 8.60. The van der Waals surface area contributed by atoms with E-state index in [9.17, 15) is 4.79 Å². The Labute approximate surface area is 137 Å². The smallest absolute Gasteiger partial charge is 0.239 e. The van der Waals surface area contributed by atoms with E-state index in [4.69, 9.17) is 4.74 Å². The number of hydrogen-bond donors (Lipinski definition) is 1. The van der Waals surface area contributed by atoms with Gasteiger partial charge in [-0.2, -0.15) is 0 Å². The van der Waals surface area contributed by atoms with Gasteiger partial charge in [0.1, 0.15) is 11.6 Å². The van der Waals surface area contributed by atoms with Crippen molar-refractivity contribution in [3.63, 3.8) is 0 Å². The van der Waals surface area contributed by atoms with Crippen LogP contribution in [-0.2, 0) is 22.5 Å². The van der Waals surface area contributed by atoms with Crippen LogP contribution in [0, 0.1) is 0 Å². The molecule has 1 N–H and O–H groups in total. The maximum absolute atomic E-state index is 12.5. The summed E-state index contributed by atoms with van der Waals surface area (Å²) >= 11 is 0. The van der Waals surface area contributed by atoms with E-state index in [2.05, 4.69) is 33.9 Å². The summed E-state index contributed by atoms with van der Waals surface area (Å²) in [7, 11) is 0. The minimum Gasteiger partial charge on any atom is -0.378 e. The van der Waals surface area contributed by atoms with Crippen molar-refractivity contribution in [3.8, 4) is 0 Å². The molecular formula is C16H27N5O2. The number of morpholine rings is 1. The van der Waals surface area contributed by atoms with E-state index in [0.717, 1.165) is 31.0 Å². The van der Waals surface area contributed by atoms with Crippen molar-refractivity contribution >= 4 is 5.91 Å². The van der Waals surface area contributed by atoms with Gasteiger partial charge in [-0.1, -0.05) is 13.8 Å². The van der Waals surface area contributed by atoms with Crippen molar-refractivity contribution in [2.24, 2.45) is 0 Å². The van der Waals surface area contributed by atoms with Gasteiger partial charge in [0.05, 0.1) is 19.3 Å². The Hall–Kier alpha value is -1.47. The number of nitrogens with one attached hydrogen (secondary N) is 1. The number of aromatic nitrogens is 3. The van der Waals surface area contributed by atoms with Crippen LogP contribution < -0.4 is 5.32 Å². The number of nitrogens with zero attached hydrogens (tertiary/aromatic N) is 4. The molecule has 1 fully saturated rings. The molecule has 0 aliphatic carbocycles. The first-order chi connectivity index (χ1) is 11.1. The highest BCUT2D eigenvalue weighted by atomic mass is 16.5. The maximum atomic E-state index is 12.5. The minimum absolute atomic E-state index is 0.168. The summed E-state index contributed by atoms with van der Waals surface area (Å²) in [6, 6.07) is 0.120. The van der Waals surface area contributed by atoms with E-state index in [0.29, 0.717) is 32.2 Å². The molecule has 2 aliphatic heterocycles. The lowest BCUT2D eigenvalue weighted by atomic mass is 10.0. The largest absolute Gasteiger partial charge is 0.378 e. The Morgan fingerprint density at radius 3 is 2.70 bits per heavy atom. The monoisotopic (exact) mass is 321 g/mol. The van der Waals surface area contributed by atoms with E-state index in [-0.39, 0.29) is 18.0 Å². The molecule has 2 unspecified atom stereocenters. The molecule has 1 saturated heterocycles. The second kappa shape index (κ2) is 6.97. The van der Waals surface area contributed by atoms with E-state index in [1.807, 2.05) is 11.8 Å². The van der Waals surface area contributed by atoms with Crippen molar-refractivity contribution < 1.29 is 9.53 Å². The fraction of sp³-hybridized carbons (Fsp3) is 0.812. The zero-order valence-electron chi connectivity index (χ0n) is 14.3. The van der Waals surface area contributed by atoms with E-state index >= 15 is 0 Å². The SMILES string of the molecule is CC(NC1CCc2nnc(C(C)C)n2C1)C(=O)N1CCOCC1. The number of ether oxygens (including phenoxy) is 1. The van der Waals surface area contributed by atoms with Crippen LogP contribution in [0.5, 0.6) is 0 Å². The topological polar surface area (TPSA) is 72.3 Å². The molecule has 2 atom stereocenters. The molecule has 3 heterocycles.